The van der Waals surface area contributed by atoms with Gasteiger partial charge in [-0.25, -0.2) is 15.0 Å². The van der Waals surface area contributed by atoms with Gasteiger partial charge in [0.1, 0.15) is 0 Å². The van der Waals surface area contributed by atoms with E-state index in [0.717, 1.165) is 17.0 Å². The zero-order chi connectivity index (χ0) is 30.2. The van der Waals surface area contributed by atoms with E-state index in [1.54, 1.807) is 0 Å². The minimum Gasteiger partial charge on any atom is -0.211 e. The molecule has 0 unspecified atom stereocenters. The van der Waals surface area contributed by atoms with Crippen molar-refractivity contribution in [2.75, 3.05) is 0 Å². The maximum atomic E-state index is 5.39. The van der Waals surface area contributed by atoms with Crippen LogP contribution < -0.4 is 0 Å². The highest BCUT2D eigenvalue weighted by Gasteiger charge is 2.48. The Morgan fingerprint density at radius 2 is 0.913 bits per heavy atom. The van der Waals surface area contributed by atoms with Crippen LogP contribution in [-0.4, -0.2) is 15.0 Å². The minimum atomic E-state index is -0.622. The van der Waals surface area contributed by atoms with Gasteiger partial charge in [-0.15, -0.1) is 0 Å². The molecule has 214 valence electrons. The maximum absolute atomic E-state index is 5.39. The molecule has 0 radical (unpaired) electrons. The zero-order valence-corrected chi connectivity index (χ0v) is 24.9. The molecule has 3 aliphatic carbocycles. The first kappa shape index (κ1) is 25.4. The largest absolute Gasteiger partial charge is 0.211 e. The Balaban J connectivity index is 1.28. The molecule has 11 rings (SSSR count). The topological polar surface area (TPSA) is 38.7 Å². The van der Waals surface area contributed by atoms with Gasteiger partial charge >= 0.3 is 0 Å². The standard InChI is InChI=1S/C43H27N3/c1-2-12-27(13-3-1)40-44-41(28-22-23-33-31-16-5-4-14-29(31)30-15-6-7-17-32(30)37(33)26-28)46-42(45-40)43-25-24-34(35-18-8-10-20-38(35)43)36-19-9-11-21-39(36)43/h1-26,34H. The van der Waals surface area contributed by atoms with Crippen molar-refractivity contribution in [2.24, 2.45) is 0 Å². The van der Waals surface area contributed by atoms with E-state index in [4.69, 9.17) is 15.0 Å². The van der Waals surface area contributed by atoms with Gasteiger partial charge in [0.2, 0.25) is 0 Å². The summed E-state index contributed by atoms with van der Waals surface area (Å²) in [6, 6.07) is 51.9. The molecule has 8 aromatic rings. The smallest absolute Gasteiger partial charge is 0.163 e. The molecule has 0 aliphatic heterocycles. The number of nitrogens with zero attached hydrogens (tertiary/aromatic N) is 3. The average molecular weight is 586 g/mol. The second-order valence-electron chi connectivity index (χ2n) is 12.3. The van der Waals surface area contributed by atoms with Gasteiger partial charge in [-0.3, -0.25) is 0 Å². The first-order valence-electron chi connectivity index (χ1n) is 15.8. The molecule has 1 heterocycles. The Kier molecular flexibility index (Phi) is 5.26. The molecular formula is C43H27N3. The second kappa shape index (κ2) is 9.53. The maximum Gasteiger partial charge on any atom is 0.163 e. The predicted molar refractivity (Wildman–Crippen MR) is 187 cm³/mol. The van der Waals surface area contributed by atoms with Crippen LogP contribution in [0, 0.1) is 0 Å². The lowest BCUT2D eigenvalue weighted by atomic mass is 9.58. The summed E-state index contributed by atoms with van der Waals surface area (Å²) in [5, 5.41) is 7.42. The van der Waals surface area contributed by atoms with Gasteiger partial charge in [-0.2, -0.15) is 0 Å². The van der Waals surface area contributed by atoms with Gasteiger partial charge in [-0.1, -0.05) is 152 Å². The minimum absolute atomic E-state index is 0.229. The lowest BCUT2D eigenvalue weighted by Gasteiger charge is -2.44. The van der Waals surface area contributed by atoms with Crippen molar-refractivity contribution in [3.8, 4) is 22.8 Å². The summed E-state index contributed by atoms with van der Waals surface area (Å²) >= 11 is 0. The van der Waals surface area contributed by atoms with Crippen molar-refractivity contribution in [2.45, 2.75) is 11.3 Å². The van der Waals surface area contributed by atoms with Crippen LogP contribution >= 0.6 is 0 Å². The molecule has 3 heteroatoms. The Morgan fingerprint density at radius 1 is 0.413 bits per heavy atom. The molecule has 3 aliphatic rings. The predicted octanol–water partition coefficient (Wildman–Crippen LogP) is 10.0. The summed E-state index contributed by atoms with van der Waals surface area (Å²) in [5.41, 5.74) is 6.44. The number of fused-ring (bicyclic) bond motifs is 6. The lowest BCUT2D eigenvalue weighted by Crippen LogP contribution is -2.39. The van der Waals surface area contributed by atoms with Crippen molar-refractivity contribution in [3.63, 3.8) is 0 Å². The molecule has 0 N–H and O–H groups in total. The van der Waals surface area contributed by atoms with E-state index in [-0.39, 0.29) is 5.92 Å². The summed E-state index contributed by atoms with van der Waals surface area (Å²) in [4.78, 5) is 15.9. The van der Waals surface area contributed by atoms with Gasteiger partial charge in [0.25, 0.3) is 0 Å². The zero-order valence-electron chi connectivity index (χ0n) is 24.9. The Labute approximate surface area is 266 Å². The molecule has 2 bridgehead atoms. The summed E-state index contributed by atoms with van der Waals surface area (Å²) in [7, 11) is 0. The Bertz CT molecular complexity index is 2460. The van der Waals surface area contributed by atoms with Gasteiger partial charge in [0.05, 0.1) is 5.41 Å². The number of hydrogen-bond donors (Lipinski definition) is 0. The molecule has 0 atom stereocenters. The first-order valence-corrected chi connectivity index (χ1v) is 15.8. The van der Waals surface area contributed by atoms with Crippen molar-refractivity contribution >= 4 is 32.3 Å². The van der Waals surface area contributed by atoms with Crippen molar-refractivity contribution in [1.82, 2.24) is 15.0 Å². The SMILES string of the molecule is C1=CC2(c3nc(-c4ccccc4)nc(-c4ccc5c6ccccc6c6ccccc6c5c4)n3)c3ccccc3C1c1ccccc12. The van der Waals surface area contributed by atoms with E-state index in [2.05, 4.69) is 140 Å². The third kappa shape index (κ3) is 3.45. The highest BCUT2D eigenvalue weighted by Crippen LogP contribution is 2.55. The summed E-state index contributed by atoms with van der Waals surface area (Å²) in [6.45, 7) is 0. The fraction of sp³-hybridized carbons (Fsp3) is 0.0465. The Hall–Kier alpha value is -5.93. The lowest BCUT2D eigenvalue weighted by molar-refractivity contribution is 0.629. The summed E-state index contributed by atoms with van der Waals surface area (Å²) in [6.07, 6.45) is 4.67. The van der Waals surface area contributed by atoms with Crippen LogP contribution in [-0.2, 0) is 5.41 Å². The molecule has 46 heavy (non-hydrogen) atoms. The Morgan fingerprint density at radius 3 is 1.54 bits per heavy atom. The molecule has 7 aromatic carbocycles. The van der Waals surface area contributed by atoms with Gasteiger partial charge < -0.3 is 0 Å². The van der Waals surface area contributed by atoms with E-state index in [0.29, 0.717) is 11.6 Å². The molecule has 0 fully saturated rings. The van der Waals surface area contributed by atoms with Crippen molar-refractivity contribution in [1.29, 1.82) is 0 Å². The van der Waals surface area contributed by atoms with Crippen LogP contribution in [0.2, 0.25) is 0 Å². The van der Waals surface area contributed by atoms with E-state index in [9.17, 15) is 0 Å². The normalized spacial score (nSPS) is 17.8. The first-order chi connectivity index (χ1) is 22.8. The molecule has 0 spiro atoms. The van der Waals surface area contributed by atoms with Gasteiger partial charge in [0, 0.05) is 17.0 Å². The number of allylic oxidation sites excluding steroid dienone is 2. The van der Waals surface area contributed by atoms with E-state index in [1.165, 1.54) is 54.6 Å². The van der Waals surface area contributed by atoms with Crippen LogP contribution in [0.1, 0.15) is 34.0 Å². The fourth-order valence-corrected chi connectivity index (χ4v) is 7.95. The van der Waals surface area contributed by atoms with Crippen LogP contribution in [0.25, 0.3) is 55.1 Å². The molecule has 0 saturated carbocycles. The van der Waals surface area contributed by atoms with Gasteiger partial charge in [-0.05, 0) is 60.6 Å². The summed E-state index contributed by atoms with van der Waals surface area (Å²) in [5.74, 6) is 2.32. The van der Waals surface area contributed by atoms with E-state index < -0.39 is 5.41 Å². The molecular weight excluding hydrogens is 558 g/mol. The van der Waals surface area contributed by atoms with E-state index >= 15 is 0 Å². The number of rotatable bonds is 3. The average Bonchev–Trinajstić information content (AvgIpc) is 3.15. The monoisotopic (exact) mass is 585 g/mol. The summed E-state index contributed by atoms with van der Waals surface area (Å²) < 4.78 is 0. The van der Waals surface area contributed by atoms with Crippen LogP contribution in [0.4, 0.5) is 0 Å². The van der Waals surface area contributed by atoms with E-state index in [1.807, 2.05) is 18.2 Å². The molecule has 0 saturated heterocycles. The molecule has 1 aromatic heterocycles. The highest BCUT2D eigenvalue weighted by molar-refractivity contribution is 6.25. The second-order valence-corrected chi connectivity index (χ2v) is 12.3. The third-order valence-corrected chi connectivity index (χ3v) is 10.0. The number of aromatic nitrogens is 3. The third-order valence-electron chi connectivity index (χ3n) is 10.0. The quantitative estimate of drug-likeness (QED) is 0.153. The van der Waals surface area contributed by atoms with Gasteiger partial charge in [0.15, 0.2) is 17.5 Å². The van der Waals surface area contributed by atoms with Crippen molar-refractivity contribution in [3.05, 3.63) is 186 Å². The highest BCUT2D eigenvalue weighted by atomic mass is 15.0. The fourth-order valence-electron chi connectivity index (χ4n) is 7.95. The van der Waals surface area contributed by atoms with Crippen LogP contribution in [0.5, 0.6) is 0 Å². The number of benzene rings is 7. The van der Waals surface area contributed by atoms with Crippen LogP contribution in [0.3, 0.4) is 0 Å². The number of hydrogen-bond acceptors (Lipinski definition) is 3. The molecule has 0 amide bonds. The molecule has 3 nitrogen and oxygen atoms in total. The van der Waals surface area contributed by atoms with Crippen LogP contribution in [0.15, 0.2) is 158 Å². The van der Waals surface area contributed by atoms with Crippen molar-refractivity contribution < 1.29 is 0 Å².